The van der Waals surface area contributed by atoms with Gasteiger partial charge in [0.05, 0.1) is 0 Å². The summed E-state index contributed by atoms with van der Waals surface area (Å²) in [4.78, 5) is 26.7. The Labute approximate surface area is 136 Å². The maximum Gasteiger partial charge on any atom is 0.314 e. The van der Waals surface area contributed by atoms with Gasteiger partial charge in [0.25, 0.3) is 5.56 Å². The number of carbonyl (C=O) groups is 1. The molecule has 1 heterocycles. The van der Waals surface area contributed by atoms with Crippen molar-refractivity contribution in [1.82, 2.24) is 15.6 Å². The Morgan fingerprint density at radius 1 is 1.17 bits per heavy atom. The third-order valence-corrected chi connectivity index (χ3v) is 3.54. The SMILES string of the molecule is Cc1ccc2[nH]c(=O)c(CCNC(=O)NCC(C)(C)C)cc2c1. The van der Waals surface area contributed by atoms with E-state index in [4.69, 9.17) is 0 Å². The van der Waals surface area contributed by atoms with Crippen molar-refractivity contribution in [2.24, 2.45) is 5.41 Å². The molecule has 0 aliphatic rings. The molecule has 0 saturated heterocycles. The molecule has 2 rings (SSSR count). The Hall–Kier alpha value is -2.30. The number of hydrogen-bond acceptors (Lipinski definition) is 2. The van der Waals surface area contributed by atoms with Crippen molar-refractivity contribution in [2.75, 3.05) is 13.1 Å². The predicted octanol–water partition coefficient (Wildman–Crippen LogP) is 2.72. The molecule has 0 aliphatic carbocycles. The number of carbonyl (C=O) groups excluding carboxylic acids is 1. The van der Waals surface area contributed by atoms with Crippen LogP contribution in [0.15, 0.2) is 29.1 Å². The van der Waals surface area contributed by atoms with Crippen LogP contribution >= 0.6 is 0 Å². The van der Waals surface area contributed by atoms with Crippen molar-refractivity contribution >= 4 is 16.9 Å². The van der Waals surface area contributed by atoms with Crippen molar-refractivity contribution in [3.63, 3.8) is 0 Å². The van der Waals surface area contributed by atoms with E-state index in [0.717, 1.165) is 16.5 Å². The first-order valence-corrected chi connectivity index (χ1v) is 7.89. The van der Waals surface area contributed by atoms with Gasteiger partial charge < -0.3 is 15.6 Å². The van der Waals surface area contributed by atoms with Gasteiger partial charge in [-0.25, -0.2) is 4.79 Å². The Bertz CT molecular complexity index is 757. The van der Waals surface area contributed by atoms with Crippen LogP contribution in [0.4, 0.5) is 4.79 Å². The topological polar surface area (TPSA) is 74.0 Å². The molecule has 5 heteroatoms. The highest BCUT2D eigenvalue weighted by Crippen LogP contribution is 2.13. The average Bonchev–Trinajstić information content (AvgIpc) is 2.45. The normalized spacial score (nSPS) is 11.5. The van der Waals surface area contributed by atoms with Crippen LogP contribution in [-0.4, -0.2) is 24.1 Å². The Morgan fingerprint density at radius 2 is 1.91 bits per heavy atom. The van der Waals surface area contributed by atoms with Crippen LogP contribution in [-0.2, 0) is 6.42 Å². The first-order valence-electron chi connectivity index (χ1n) is 7.89. The zero-order valence-electron chi connectivity index (χ0n) is 14.2. The summed E-state index contributed by atoms with van der Waals surface area (Å²) < 4.78 is 0. The molecular formula is C18H25N3O2. The van der Waals surface area contributed by atoms with Crippen LogP contribution in [0.3, 0.4) is 0 Å². The lowest BCUT2D eigenvalue weighted by molar-refractivity contribution is 0.235. The maximum atomic E-state index is 12.1. The predicted molar refractivity (Wildman–Crippen MR) is 93.9 cm³/mol. The third kappa shape index (κ3) is 5.13. The number of urea groups is 1. The number of nitrogens with one attached hydrogen (secondary N) is 3. The summed E-state index contributed by atoms with van der Waals surface area (Å²) in [5.74, 6) is 0. The van der Waals surface area contributed by atoms with Crippen molar-refractivity contribution in [3.8, 4) is 0 Å². The summed E-state index contributed by atoms with van der Waals surface area (Å²) in [6.45, 7) is 9.23. The largest absolute Gasteiger partial charge is 0.338 e. The number of aryl methyl sites for hydroxylation is 1. The minimum Gasteiger partial charge on any atom is -0.338 e. The van der Waals surface area contributed by atoms with Gasteiger partial charge in [-0.1, -0.05) is 32.4 Å². The number of amides is 2. The maximum absolute atomic E-state index is 12.1. The van der Waals surface area contributed by atoms with Crippen LogP contribution in [0.1, 0.15) is 31.9 Å². The van der Waals surface area contributed by atoms with Gasteiger partial charge in [-0.05, 0) is 42.3 Å². The van der Waals surface area contributed by atoms with Gasteiger partial charge in [-0.2, -0.15) is 0 Å². The summed E-state index contributed by atoms with van der Waals surface area (Å²) in [5.41, 5.74) is 2.61. The second-order valence-corrected chi connectivity index (χ2v) is 7.13. The number of fused-ring (bicyclic) bond motifs is 1. The van der Waals surface area contributed by atoms with Crippen LogP contribution in [0.5, 0.6) is 0 Å². The number of aromatic amines is 1. The number of rotatable bonds is 4. The second kappa shape index (κ2) is 6.86. The van der Waals surface area contributed by atoms with E-state index in [-0.39, 0.29) is 17.0 Å². The van der Waals surface area contributed by atoms with E-state index < -0.39 is 0 Å². The van der Waals surface area contributed by atoms with Crippen LogP contribution in [0.2, 0.25) is 0 Å². The Kier molecular flexibility index (Phi) is 5.08. The first-order chi connectivity index (χ1) is 10.7. The van der Waals surface area contributed by atoms with E-state index in [1.807, 2.05) is 31.2 Å². The first kappa shape index (κ1) is 17.1. The average molecular weight is 315 g/mol. The summed E-state index contributed by atoms with van der Waals surface area (Å²) in [5, 5.41) is 6.62. The molecule has 23 heavy (non-hydrogen) atoms. The third-order valence-electron chi connectivity index (χ3n) is 3.54. The molecule has 0 aliphatic heterocycles. The van der Waals surface area contributed by atoms with E-state index in [2.05, 4.69) is 36.4 Å². The molecule has 0 bridgehead atoms. The smallest absolute Gasteiger partial charge is 0.314 e. The molecule has 0 fully saturated rings. The molecule has 1 aromatic heterocycles. The van der Waals surface area contributed by atoms with Crippen molar-refractivity contribution in [2.45, 2.75) is 34.1 Å². The summed E-state index contributed by atoms with van der Waals surface area (Å²) >= 11 is 0. The number of H-pyrrole nitrogens is 1. The lowest BCUT2D eigenvalue weighted by atomic mass is 9.97. The van der Waals surface area contributed by atoms with Gasteiger partial charge in [-0.15, -0.1) is 0 Å². The molecular weight excluding hydrogens is 290 g/mol. The molecule has 0 radical (unpaired) electrons. The van der Waals surface area contributed by atoms with Crippen molar-refractivity contribution in [3.05, 3.63) is 45.7 Å². The van der Waals surface area contributed by atoms with E-state index in [1.54, 1.807) is 0 Å². The van der Waals surface area contributed by atoms with Crippen LogP contribution < -0.4 is 16.2 Å². The lowest BCUT2D eigenvalue weighted by Gasteiger charge is -2.18. The van der Waals surface area contributed by atoms with Gasteiger partial charge in [0.15, 0.2) is 0 Å². The molecule has 0 saturated carbocycles. The minimum atomic E-state index is -0.201. The number of hydrogen-bond donors (Lipinski definition) is 3. The van der Waals surface area contributed by atoms with Crippen LogP contribution in [0.25, 0.3) is 10.9 Å². The van der Waals surface area contributed by atoms with Gasteiger partial charge in [-0.3, -0.25) is 4.79 Å². The molecule has 0 atom stereocenters. The molecule has 124 valence electrons. The highest BCUT2D eigenvalue weighted by molar-refractivity contribution is 5.79. The summed E-state index contributed by atoms with van der Waals surface area (Å²) in [6, 6.07) is 7.62. The number of aromatic nitrogens is 1. The Balaban J connectivity index is 1.95. The Morgan fingerprint density at radius 3 is 2.61 bits per heavy atom. The number of benzene rings is 1. The molecule has 1 aromatic carbocycles. The highest BCUT2D eigenvalue weighted by Gasteiger charge is 2.11. The van der Waals surface area contributed by atoms with Gasteiger partial charge >= 0.3 is 6.03 Å². The van der Waals surface area contributed by atoms with Gasteiger partial charge in [0.2, 0.25) is 0 Å². The lowest BCUT2D eigenvalue weighted by Crippen LogP contribution is -2.40. The van der Waals surface area contributed by atoms with Crippen LogP contribution in [0, 0.1) is 12.3 Å². The quantitative estimate of drug-likeness (QED) is 0.811. The fourth-order valence-corrected chi connectivity index (χ4v) is 2.28. The van der Waals surface area contributed by atoms with Crippen molar-refractivity contribution in [1.29, 1.82) is 0 Å². The molecule has 5 nitrogen and oxygen atoms in total. The summed E-state index contributed by atoms with van der Waals surface area (Å²) in [6.07, 6.45) is 0.502. The second-order valence-electron chi connectivity index (χ2n) is 7.13. The molecule has 3 N–H and O–H groups in total. The zero-order valence-corrected chi connectivity index (χ0v) is 14.2. The van der Waals surface area contributed by atoms with E-state index in [9.17, 15) is 9.59 Å². The standard InChI is InChI=1S/C18H25N3O2/c1-12-5-6-15-14(9-12)10-13(16(22)21-15)7-8-19-17(23)20-11-18(2,3)4/h5-6,9-10H,7-8,11H2,1-4H3,(H,21,22)(H2,19,20,23). The summed E-state index contributed by atoms with van der Waals surface area (Å²) in [7, 11) is 0. The van der Waals surface area contributed by atoms with E-state index >= 15 is 0 Å². The molecule has 2 amide bonds. The van der Waals surface area contributed by atoms with Gasteiger partial charge in [0.1, 0.15) is 0 Å². The minimum absolute atomic E-state index is 0.0463. The zero-order chi connectivity index (χ0) is 17.0. The highest BCUT2D eigenvalue weighted by atomic mass is 16.2. The van der Waals surface area contributed by atoms with Gasteiger partial charge in [0, 0.05) is 24.2 Å². The van der Waals surface area contributed by atoms with Crippen molar-refractivity contribution < 1.29 is 4.79 Å². The van der Waals surface area contributed by atoms with E-state index in [0.29, 0.717) is 25.1 Å². The van der Waals surface area contributed by atoms with E-state index in [1.165, 1.54) is 0 Å². The molecule has 0 spiro atoms. The fourth-order valence-electron chi connectivity index (χ4n) is 2.28. The molecule has 0 unspecified atom stereocenters. The fraction of sp³-hybridized carbons (Fsp3) is 0.444. The number of pyridine rings is 1. The molecule has 2 aromatic rings. The monoisotopic (exact) mass is 315 g/mol.